The molecule has 0 aliphatic rings. The molecule has 6 nitrogen and oxygen atoms in total. The average Bonchev–Trinajstić information content (AvgIpc) is 2.69. The summed E-state index contributed by atoms with van der Waals surface area (Å²) in [6.45, 7) is 10.4. The van der Waals surface area contributed by atoms with Crippen LogP contribution in [0.2, 0.25) is 0 Å². The number of benzene rings is 1. The van der Waals surface area contributed by atoms with Gasteiger partial charge in [-0.2, -0.15) is 4.98 Å². The summed E-state index contributed by atoms with van der Waals surface area (Å²) >= 11 is 0. The van der Waals surface area contributed by atoms with Crippen LogP contribution in [-0.2, 0) is 0 Å². The molecule has 2 aromatic heterocycles. The van der Waals surface area contributed by atoms with E-state index in [1.807, 2.05) is 24.3 Å². The molecule has 0 amide bonds. The van der Waals surface area contributed by atoms with Gasteiger partial charge in [0.25, 0.3) is 0 Å². The topological polar surface area (TPSA) is 83.0 Å². The van der Waals surface area contributed by atoms with Crippen molar-refractivity contribution < 1.29 is 5.11 Å². The second kappa shape index (κ2) is 9.01. The first kappa shape index (κ1) is 20.7. The molecule has 0 unspecified atom stereocenters. The second-order valence-corrected chi connectivity index (χ2v) is 7.75. The number of nitrogens with zero attached hydrogens (tertiary/aromatic N) is 3. The molecule has 0 spiro atoms. The van der Waals surface area contributed by atoms with Crippen LogP contribution in [-0.4, -0.2) is 32.7 Å². The fourth-order valence-electron chi connectivity index (χ4n) is 3.32. The van der Waals surface area contributed by atoms with Crippen molar-refractivity contribution in [3.05, 3.63) is 59.3 Å². The van der Waals surface area contributed by atoms with Gasteiger partial charge in [-0.25, -0.2) is 4.98 Å². The summed E-state index contributed by atoms with van der Waals surface area (Å²) in [4.78, 5) is 13.7. The van der Waals surface area contributed by atoms with Crippen LogP contribution in [0.3, 0.4) is 0 Å². The predicted octanol–water partition coefficient (Wildman–Crippen LogP) is 4.64. The van der Waals surface area contributed by atoms with Gasteiger partial charge in [0, 0.05) is 18.0 Å². The van der Waals surface area contributed by atoms with E-state index in [0.717, 1.165) is 22.5 Å². The number of hydrogen-bond acceptors (Lipinski definition) is 6. The smallest absolute Gasteiger partial charge is 0.225 e. The summed E-state index contributed by atoms with van der Waals surface area (Å²) in [5.74, 6) is 1.38. The first-order valence-electron chi connectivity index (χ1n) is 9.90. The Labute approximate surface area is 172 Å². The van der Waals surface area contributed by atoms with Gasteiger partial charge >= 0.3 is 0 Å². The van der Waals surface area contributed by atoms with Crippen molar-refractivity contribution in [2.24, 2.45) is 5.92 Å². The van der Waals surface area contributed by atoms with Crippen molar-refractivity contribution in [1.82, 2.24) is 15.0 Å². The quantitative estimate of drug-likeness (QED) is 0.544. The second-order valence-electron chi connectivity index (χ2n) is 7.75. The van der Waals surface area contributed by atoms with E-state index < -0.39 is 0 Å². The van der Waals surface area contributed by atoms with Crippen LogP contribution >= 0.6 is 0 Å². The lowest BCUT2D eigenvalue weighted by molar-refractivity contribution is 0.248. The lowest BCUT2D eigenvalue weighted by Crippen LogP contribution is -2.30. The van der Waals surface area contributed by atoms with Gasteiger partial charge in [0.05, 0.1) is 24.0 Å². The van der Waals surface area contributed by atoms with Crippen LogP contribution in [0.15, 0.2) is 42.6 Å². The molecule has 152 valence electrons. The largest absolute Gasteiger partial charge is 0.394 e. The zero-order chi connectivity index (χ0) is 21.0. The van der Waals surface area contributed by atoms with Crippen LogP contribution in [0, 0.1) is 26.7 Å². The normalized spacial score (nSPS) is 12.1. The van der Waals surface area contributed by atoms with Crippen molar-refractivity contribution in [3.8, 4) is 11.4 Å². The Kier molecular flexibility index (Phi) is 6.44. The lowest BCUT2D eigenvalue weighted by atomic mass is 10.1. The molecule has 0 saturated heterocycles. The highest BCUT2D eigenvalue weighted by molar-refractivity contribution is 5.69. The number of aryl methyl sites for hydroxylation is 3. The average molecular weight is 392 g/mol. The third kappa shape index (κ3) is 5.09. The first-order valence-corrected chi connectivity index (χ1v) is 9.90. The van der Waals surface area contributed by atoms with Crippen molar-refractivity contribution in [1.29, 1.82) is 0 Å². The number of aliphatic hydroxyl groups excluding tert-OH is 1. The molecule has 1 aromatic carbocycles. The van der Waals surface area contributed by atoms with Gasteiger partial charge in [0.2, 0.25) is 5.95 Å². The van der Waals surface area contributed by atoms with Crippen molar-refractivity contribution in [3.63, 3.8) is 0 Å². The summed E-state index contributed by atoms with van der Waals surface area (Å²) in [5, 5.41) is 16.4. The van der Waals surface area contributed by atoms with E-state index >= 15 is 0 Å². The third-order valence-corrected chi connectivity index (χ3v) is 4.90. The molecule has 0 fully saturated rings. The minimum Gasteiger partial charge on any atom is -0.394 e. The van der Waals surface area contributed by atoms with Gasteiger partial charge in [-0.05, 0) is 49.9 Å². The van der Waals surface area contributed by atoms with E-state index in [2.05, 4.69) is 72.3 Å². The van der Waals surface area contributed by atoms with Crippen molar-refractivity contribution >= 4 is 17.5 Å². The molecule has 2 heterocycles. The minimum absolute atomic E-state index is 0.00772. The molecule has 0 aliphatic heterocycles. The predicted molar refractivity (Wildman–Crippen MR) is 119 cm³/mol. The molecule has 3 N–H and O–H groups in total. The van der Waals surface area contributed by atoms with Gasteiger partial charge in [0.1, 0.15) is 5.82 Å². The Hall–Kier alpha value is -2.99. The third-order valence-electron chi connectivity index (χ3n) is 4.90. The van der Waals surface area contributed by atoms with Crippen molar-refractivity contribution in [2.75, 3.05) is 17.2 Å². The number of hydrogen-bond donors (Lipinski definition) is 3. The highest BCUT2D eigenvalue weighted by Crippen LogP contribution is 2.28. The number of aromatic nitrogens is 3. The Bertz CT molecular complexity index is 949. The minimum atomic E-state index is -0.135. The zero-order valence-corrected chi connectivity index (χ0v) is 17.7. The number of rotatable bonds is 7. The molecule has 3 rings (SSSR count). The molecular weight excluding hydrogens is 362 g/mol. The van der Waals surface area contributed by atoms with Crippen LogP contribution < -0.4 is 10.6 Å². The molecule has 3 aromatic rings. The van der Waals surface area contributed by atoms with E-state index in [1.165, 1.54) is 5.56 Å². The molecule has 0 saturated carbocycles. The van der Waals surface area contributed by atoms with Gasteiger partial charge < -0.3 is 15.7 Å². The van der Waals surface area contributed by atoms with Gasteiger partial charge in [-0.1, -0.05) is 37.6 Å². The highest BCUT2D eigenvalue weighted by Gasteiger charge is 2.16. The molecule has 1 atom stereocenters. The fraction of sp³-hybridized carbons (Fsp3) is 0.348. The maximum atomic E-state index is 9.70. The molecular formula is C23H29N5O. The lowest BCUT2D eigenvalue weighted by Gasteiger charge is -2.21. The van der Waals surface area contributed by atoms with Crippen LogP contribution in [0.1, 0.15) is 30.5 Å². The monoisotopic (exact) mass is 391 g/mol. The van der Waals surface area contributed by atoms with Crippen LogP contribution in [0.5, 0.6) is 0 Å². The summed E-state index contributed by atoms with van der Waals surface area (Å²) in [6.07, 6.45) is 1.75. The zero-order valence-electron chi connectivity index (χ0n) is 17.7. The van der Waals surface area contributed by atoms with Crippen LogP contribution in [0.25, 0.3) is 11.4 Å². The van der Waals surface area contributed by atoms with Crippen LogP contribution in [0.4, 0.5) is 17.5 Å². The van der Waals surface area contributed by atoms with E-state index in [1.54, 1.807) is 6.20 Å². The molecule has 0 bridgehead atoms. The number of anilines is 3. The molecule has 0 radical (unpaired) electrons. The van der Waals surface area contributed by atoms with Gasteiger partial charge in [-0.3, -0.25) is 4.98 Å². The number of pyridine rings is 1. The van der Waals surface area contributed by atoms with E-state index in [-0.39, 0.29) is 18.6 Å². The Morgan fingerprint density at radius 3 is 2.28 bits per heavy atom. The summed E-state index contributed by atoms with van der Waals surface area (Å²) in [5.41, 5.74) is 6.06. The molecule has 29 heavy (non-hydrogen) atoms. The van der Waals surface area contributed by atoms with E-state index in [9.17, 15) is 5.11 Å². The Balaban J connectivity index is 2.03. The number of nitrogens with one attached hydrogen (secondary N) is 2. The summed E-state index contributed by atoms with van der Waals surface area (Å²) in [6, 6.07) is 11.8. The van der Waals surface area contributed by atoms with Crippen molar-refractivity contribution in [2.45, 2.75) is 40.7 Å². The molecule has 6 heteroatoms. The standard InChI is InChI=1S/C23H29N5O/c1-14(2)20(13-29)26-23-25-19(18-8-6-7-9-24-18)12-21(28-23)27-22-16(4)10-15(3)11-17(22)5/h6-12,14,20,29H,13H2,1-5H3,(H2,25,26,27,28)/t20-/m0/s1. The summed E-state index contributed by atoms with van der Waals surface area (Å²) in [7, 11) is 0. The highest BCUT2D eigenvalue weighted by atomic mass is 16.3. The maximum Gasteiger partial charge on any atom is 0.225 e. The Morgan fingerprint density at radius 2 is 1.69 bits per heavy atom. The van der Waals surface area contributed by atoms with Gasteiger partial charge in [-0.15, -0.1) is 0 Å². The first-order chi connectivity index (χ1) is 13.9. The van der Waals surface area contributed by atoms with E-state index in [0.29, 0.717) is 17.5 Å². The molecule has 0 aliphatic carbocycles. The Morgan fingerprint density at radius 1 is 0.966 bits per heavy atom. The van der Waals surface area contributed by atoms with E-state index in [4.69, 9.17) is 0 Å². The summed E-state index contributed by atoms with van der Waals surface area (Å²) < 4.78 is 0. The van der Waals surface area contributed by atoms with Gasteiger partial charge in [0.15, 0.2) is 0 Å². The maximum absolute atomic E-state index is 9.70. The number of aliphatic hydroxyl groups is 1. The SMILES string of the molecule is Cc1cc(C)c(Nc2cc(-c3ccccn3)nc(N[C@@H](CO)C(C)C)n2)c(C)c1. The fourth-order valence-corrected chi connectivity index (χ4v) is 3.32.